The molecule has 132 valence electrons. The Morgan fingerprint density at radius 1 is 1.16 bits per heavy atom. The first-order valence-electron chi connectivity index (χ1n) is 7.21. The van der Waals surface area contributed by atoms with Gasteiger partial charge in [-0.05, 0) is 47.7 Å². The minimum atomic E-state index is -3.70. The van der Waals surface area contributed by atoms with E-state index in [0.29, 0.717) is 21.2 Å². The summed E-state index contributed by atoms with van der Waals surface area (Å²) in [5.41, 5.74) is 0.982. The highest BCUT2D eigenvalue weighted by molar-refractivity contribution is 8.13. The van der Waals surface area contributed by atoms with E-state index in [1.54, 1.807) is 62.6 Å². The maximum atomic E-state index is 12.2. The number of thioether (sulfide) groups is 1. The molecule has 0 aromatic heterocycles. The van der Waals surface area contributed by atoms with E-state index in [9.17, 15) is 13.2 Å². The standard InChI is InChI=1S/C17H17ClN2O3S2/c1-20(2)17(21)24-15-8-5-7-14(12-15)19-25(22,23)11-10-13-6-3-4-9-16(13)18/h3-12,19H,1-2H3/b11-10+. The molecule has 25 heavy (non-hydrogen) atoms. The molecule has 0 atom stereocenters. The topological polar surface area (TPSA) is 66.5 Å². The van der Waals surface area contributed by atoms with Gasteiger partial charge in [0.1, 0.15) is 0 Å². The number of benzene rings is 2. The highest BCUT2D eigenvalue weighted by Crippen LogP contribution is 2.24. The lowest BCUT2D eigenvalue weighted by atomic mass is 10.2. The zero-order chi connectivity index (χ0) is 18.4. The van der Waals surface area contributed by atoms with Gasteiger partial charge in [-0.15, -0.1) is 0 Å². The molecular weight excluding hydrogens is 380 g/mol. The number of amides is 1. The first kappa shape index (κ1) is 19.4. The van der Waals surface area contributed by atoms with Crippen molar-refractivity contribution in [1.29, 1.82) is 0 Å². The summed E-state index contributed by atoms with van der Waals surface area (Å²) >= 11 is 7.02. The predicted octanol–water partition coefficient (Wildman–Crippen LogP) is 4.53. The lowest BCUT2D eigenvalue weighted by Crippen LogP contribution is -2.16. The Morgan fingerprint density at radius 2 is 1.88 bits per heavy atom. The molecule has 0 heterocycles. The molecule has 0 aliphatic rings. The van der Waals surface area contributed by atoms with Gasteiger partial charge in [0, 0.05) is 29.7 Å². The first-order valence-corrected chi connectivity index (χ1v) is 9.95. The molecule has 1 amide bonds. The minimum Gasteiger partial charge on any atom is -0.339 e. The van der Waals surface area contributed by atoms with Gasteiger partial charge in [-0.3, -0.25) is 9.52 Å². The van der Waals surface area contributed by atoms with Crippen LogP contribution in [-0.4, -0.2) is 32.7 Å². The van der Waals surface area contributed by atoms with Crippen LogP contribution in [0.1, 0.15) is 5.56 Å². The van der Waals surface area contributed by atoms with Crippen molar-refractivity contribution in [3.8, 4) is 0 Å². The van der Waals surface area contributed by atoms with E-state index in [4.69, 9.17) is 11.6 Å². The van der Waals surface area contributed by atoms with E-state index in [1.165, 1.54) is 11.0 Å². The molecule has 0 saturated heterocycles. The molecule has 0 bridgehead atoms. The molecule has 0 fully saturated rings. The second-order valence-electron chi connectivity index (χ2n) is 5.26. The van der Waals surface area contributed by atoms with Gasteiger partial charge in [-0.2, -0.15) is 0 Å². The zero-order valence-electron chi connectivity index (χ0n) is 13.6. The van der Waals surface area contributed by atoms with E-state index in [2.05, 4.69) is 4.72 Å². The molecule has 5 nitrogen and oxygen atoms in total. The SMILES string of the molecule is CN(C)C(=O)Sc1cccc(NS(=O)(=O)/C=C/c2ccccc2Cl)c1. The zero-order valence-corrected chi connectivity index (χ0v) is 16.0. The summed E-state index contributed by atoms with van der Waals surface area (Å²) in [4.78, 5) is 13.8. The van der Waals surface area contributed by atoms with Crippen molar-refractivity contribution in [2.24, 2.45) is 0 Å². The van der Waals surface area contributed by atoms with Crippen molar-refractivity contribution in [3.63, 3.8) is 0 Å². The van der Waals surface area contributed by atoms with Crippen LogP contribution in [0.15, 0.2) is 58.8 Å². The Bertz CT molecular complexity index is 896. The number of nitrogens with one attached hydrogen (secondary N) is 1. The molecule has 0 aliphatic carbocycles. The first-order chi connectivity index (χ1) is 11.8. The predicted molar refractivity (Wildman–Crippen MR) is 104 cm³/mol. The van der Waals surface area contributed by atoms with Crippen molar-refractivity contribution in [1.82, 2.24) is 4.90 Å². The molecule has 0 radical (unpaired) electrons. The van der Waals surface area contributed by atoms with Crippen LogP contribution < -0.4 is 4.72 Å². The van der Waals surface area contributed by atoms with Crippen molar-refractivity contribution in [2.75, 3.05) is 18.8 Å². The Hall–Kier alpha value is -1.96. The molecular formula is C17H17ClN2O3S2. The lowest BCUT2D eigenvalue weighted by molar-refractivity contribution is 0.241. The summed E-state index contributed by atoms with van der Waals surface area (Å²) in [5.74, 6) is 0. The van der Waals surface area contributed by atoms with Crippen LogP contribution in [0.4, 0.5) is 10.5 Å². The average Bonchev–Trinajstić information content (AvgIpc) is 2.54. The largest absolute Gasteiger partial charge is 0.339 e. The lowest BCUT2D eigenvalue weighted by Gasteiger charge is -2.10. The van der Waals surface area contributed by atoms with Gasteiger partial charge < -0.3 is 4.90 Å². The number of carbonyl (C=O) groups excluding carboxylic acids is 1. The normalized spacial score (nSPS) is 11.5. The molecule has 0 aliphatic heterocycles. The summed E-state index contributed by atoms with van der Waals surface area (Å²) in [6.45, 7) is 0. The van der Waals surface area contributed by atoms with E-state index in [1.807, 2.05) is 0 Å². The quantitative estimate of drug-likeness (QED) is 0.754. The summed E-state index contributed by atoms with van der Waals surface area (Å²) < 4.78 is 26.9. The number of hydrogen-bond donors (Lipinski definition) is 1. The smallest absolute Gasteiger partial charge is 0.285 e. The summed E-state index contributed by atoms with van der Waals surface area (Å²) in [5, 5.41) is 1.38. The average molecular weight is 397 g/mol. The Labute approximate surface area is 156 Å². The maximum absolute atomic E-state index is 12.2. The summed E-state index contributed by atoms with van der Waals surface area (Å²) in [6.07, 6.45) is 1.43. The van der Waals surface area contributed by atoms with Crippen molar-refractivity contribution < 1.29 is 13.2 Å². The Kier molecular flexibility index (Phi) is 6.52. The van der Waals surface area contributed by atoms with Crippen LogP contribution >= 0.6 is 23.4 Å². The third-order valence-corrected chi connectivity index (χ3v) is 5.38. The van der Waals surface area contributed by atoms with Gasteiger partial charge in [0.05, 0.1) is 5.41 Å². The number of halogens is 1. The number of rotatable bonds is 5. The monoisotopic (exact) mass is 396 g/mol. The van der Waals surface area contributed by atoms with Crippen molar-refractivity contribution in [3.05, 3.63) is 64.5 Å². The van der Waals surface area contributed by atoms with Crippen molar-refractivity contribution in [2.45, 2.75) is 4.90 Å². The highest BCUT2D eigenvalue weighted by atomic mass is 35.5. The second kappa shape index (κ2) is 8.42. The number of carbonyl (C=O) groups is 1. The van der Waals surface area contributed by atoms with E-state index < -0.39 is 10.0 Å². The van der Waals surface area contributed by atoms with E-state index in [0.717, 1.165) is 17.2 Å². The van der Waals surface area contributed by atoms with Gasteiger partial charge in [-0.1, -0.05) is 35.9 Å². The van der Waals surface area contributed by atoms with Crippen molar-refractivity contribution >= 4 is 50.4 Å². The Balaban J connectivity index is 2.13. The molecule has 0 unspecified atom stereocenters. The molecule has 8 heteroatoms. The molecule has 2 rings (SSSR count). The van der Waals surface area contributed by atoms with Crippen LogP contribution in [-0.2, 0) is 10.0 Å². The fraction of sp³-hybridized carbons (Fsp3) is 0.118. The van der Waals surface area contributed by atoms with Gasteiger partial charge in [-0.25, -0.2) is 8.42 Å². The second-order valence-corrected chi connectivity index (χ2v) is 8.26. The number of sulfonamides is 1. The number of anilines is 1. The number of nitrogens with zero attached hydrogens (tertiary/aromatic N) is 1. The third kappa shape index (κ3) is 6.12. The fourth-order valence-electron chi connectivity index (χ4n) is 1.79. The molecule has 2 aromatic rings. The van der Waals surface area contributed by atoms with Crippen LogP contribution in [0.2, 0.25) is 5.02 Å². The molecule has 1 N–H and O–H groups in total. The van der Waals surface area contributed by atoms with Gasteiger partial charge in [0.15, 0.2) is 0 Å². The Morgan fingerprint density at radius 3 is 2.56 bits per heavy atom. The fourth-order valence-corrected chi connectivity index (χ4v) is 3.55. The minimum absolute atomic E-state index is 0.140. The molecule has 0 saturated carbocycles. The van der Waals surface area contributed by atoms with Crippen LogP contribution in [0.25, 0.3) is 6.08 Å². The summed E-state index contributed by atoms with van der Waals surface area (Å²) in [6, 6.07) is 13.6. The maximum Gasteiger partial charge on any atom is 0.285 e. The summed E-state index contributed by atoms with van der Waals surface area (Å²) in [7, 11) is -0.397. The van der Waals surface area contributed by atoms with Crippen LogP contribution in [0, 0.1) is 0 Å². The van der Waals surface area contributed by atoms with Gasteiger partial charge >= 0.3 is 0 Å². The highest BCUT2D eigenvalue weighted by Gasteiger charge is 2.10. The van der Waals surface area contributed by atoms with Crippen LogP contribution in [0.5, 0.6) is 0 Å². The molecule has 0 spiro atoms. The van der Waals surface area contributed by atoms with E-state index in [-0.39, 0.29) is 5.24 Å². The van der Waals surface area contributed by atoms with Gasteiger partial charge in [0.25, 0.3) is 15.3 Å². The van der Waals surface area contributed by atoms with E-state index >= 15 is 0 Å². The number of hydrogen-bond acceptors (Lipinski definition) is 4. The van der Waals surface area contributed by atoms with Crippen LogP contribution in [0.3, 0.4) is 0 Å². The third-order valence-electron chi connectivity index (χ3n) is 3.00. The molecule has 2 aromatic carbocycles. The van der Waals surface area contributed by atoms with Gasteiger partial charge in [0.2, 0.25) is 0 Å².